The molecule has 0 aliphatic heterocycles. The molecule has 0 aliphatic carbocycles. The Hall–Kier alpha value is 0.540. The van der Waals surface area contributed by atoms with Gasteiger partial charge in [-0.25, -0.2) is 4.21 Å². The number of unbranched alkanes of at least 4 members (excludes halogenated alkanes) is 8. The minimum absolute atomic E-state index is 0. The monoisotopic (exact) mass is 344 g/mol. The molecule has 1 atom stereocenters. The molecular weight excluding hydrogens is 313 g/mol. The first kappa shape index (κ1) is 24.8. The minimum atomic E-state index is -2.45. The van der Waals surface area contributed by atoms with Crippen molar-refractivity contribution in [3.05, 3.63) is 0 Å². The van der Waals surface area contributed by atoms with Gasteiger partial charge in [0.05, 0.1) is 18.0 Å². The van der Waals surface area contributed by atoms with Crippen molar-refractivity contribution in [3.63, 3.8) is 0 Å². The first-order valence-electron chi connectivity index (χ1n) is 8.16. The second kappa shape index (κ2) is 19.6. The average Bonchev–Trinajstić information content (AvgIpc) is 2.45. The van der Waals surface area contributed by atoms with Gasteiger partial charge in [0.1, 0.15) is 0 Å². The van der Waals surface area contributed by atoms with Crippen molar-refractivity contribution in [2.75, 3.05) is 13.2 Å². The summed E-state index contributed by atoms with van der Waals surface area (Å²) in [6, 6.07) is 0. The first-order chi connectivity index (χ1) is 10.2. The van der Waals surface area contributed by atoms with Crippen LogP contribution >= 0.6 is 0 Å². The number of carbonyl (C=O) groups is 1. The van der Waals surface area contributed by atoms with Crippen LogP contribution in [0.2, 0.25) is 0 Å². The van der Waals surface area contributed by atoms with Gasteiger partial charge in [-0.3, -0.25) is 4.79 Å². The van der Waals surface area contributed by atoms with Gasteiger partial charge in [0.15, 0.2) is 0 Å². The molecule has 1 unspecified atom stereocenters. The topological polar surface area (TPSA) is 78.5 Å². The van der Waals surface area contributed by atoms with Crippen LogP contribution in [0.3, 0.4) is 0 Å². The summed E-state index contributed by atoms with van der Waals surface area (Å²) in [7, 11) is 0. The van der Waals surface area contributed by atoms with Crippen molar-refractivity contribution in [1.29, 1.82) is 0 Å². The van der Waals surface area contributed by atoms with Crippen LogP contribution in [0, 0.1) is 0 Å². The predicted molar refractivity (Wildman–Crippen MR) is 85.5 cm³/mol. The number of amides is 1. The molecule has 0 bridgehead atoms. The fourth-order valence-corrected chi connectivity index (χ4v) is 2.37. The zero-order valence-corrected chi connectivity index (χ0v) is 17.1. The van der Waals surface area contributed by atoms with Gasteiger partial charge < -0.3 is 15.5 Å². The van der Waals surface area contributed by atoms with Gasteiger partial charge in [-0.1, -0.05) is 58.3 Å². The first-order valence-corrected chi connectivity index (χ1v) is 9.16. The summed E-state index contributed by atoms with van der Waals surface area (Å²) in [6.07, 6.45) is 12.2. The largest absolute Gasteiger partial charge is 1.00 e. The molecule has 0 fully saturated rings. The molecular formula is C15H31NNaO4S-. The second-order valence-electron chi connectivity index (χ2n) is 5.31. The van der Waals surface area contributed by atoms with Crippen LogP contribution in [0.5, 0.6) is 0 Å². The van der Waals surface area contributed by atoms with Crippen LogP contribution < -0.4 is 34.9 Å². The molecule has 0 saturated carbocycles. The fraction of sp³-hybridized carbons (Fsp3) is 0.933. The van der Waals surface area contributed by atoms with Gasteiger partial charge in [-0.2, -0.15) is 0 Å². The van der Waals surface area contributed by atoms with E-state index < -0.39 is 11.4 Å². The van der Waals surface area contributed by atoms with E-state index in [2.05, 4.69) is 16.4 Å². The summed E-state index contributed by atoms with van der Waals surface area (Å²) in [5.41, 5.74) is 0. The zero-order chi connectivity index (χ0) is 15.8. The molecule has 7 heteroatoms. The van der Waals surface area contributed by atoms with Crippen LogP contribution in [0.25, 0.3) is 0 Å². The normalized spacial score (nSPS) is 11.7. The van der Waals surface area contributed by atoms with Crippen molar-refractivity contribution in [2.45, 2.75) is 77.6 Å². The van der Waals surface area contributed by atoms with E-state index in [-0.39, 0.29) is 43.5 Å². The van der Waals surface area contributed by atoms with Gasteiger partial charge in [-0.15, -0.1) is 0 Å². The summed E-state index contributed by atoms with van der Waals surface area (Å²) in [5, 5.41) is 2.76. The van der Waals surface area contributed by atoms with E-state index in [1.807, 2.05) is 0 Å². The second-order valence-corrected chi connectivity index (χ2v) is 5.95. The van der Waals surface area contributed by atoms with Gasteiger partial charge in [-0.05, 0) is 12.8 Å². The van der Waals surface area contributed by atoms with Crippen molar-refractivity contribution in [1.82, 2.24) is 5.32 Å². The minimum Gasteiger partial charge on any atom is -1.00 e. The van der Waals surface area contributed by atoms with Crippen molar-refractivity contribution >= 4 is 17.3 Å². The average molecular weight is 344 g/mol. The smallest absolute Gasteiger partial charge is 1.00 e. The van der Waals surface area contributed by atoms with Crippen molar-refractivity contribution < 1.29 is 48.7 Å². The molecule has 0 heterocycles. The Morgan fingerprint density at radius 2 is 1.59 bits per heavy atom. The summed E-state index contributed by atoms with van der Waals surface area (Å²) >= 11 is -2.45. The molecule has 0 aromatic rings. The third-order valence-electron chi connectivity index (χ3n) is 3.33. The molecule has 0 aromatic heterocycles. The van der Waals surface area contributed by atoms with E-state index in [1.165, 1.54) is 44.9 Å². The molecule has 0 aliphatic rings. The van der Waals surface area contributed by atoms with E-state index >= 15 is 0 Å². The molecule has 0 radical (unpaired) electrons. The van der Waals surface area contributed by atoms with Crippen molar-refractivity contribution in [3.8, 4) is 0 Å². The molecule has 1 amide bonds. The molecule has 1 N–H and O–H groups in total. The van der Waals surface area contributed by atoms with Gasteiger partial charge >= 0.3 is 29.6 Å². The predicted octanol–water partition coefficient (Wildman–Crippen LogP) is 0.341. The molecule has 128 valence electrons. The molecule has 0 aromatic carbocycles. The number of nitrogens with one attached hydrogen (secondary N) is 1. The standard InChI is InChI=1S/C15H31NO4S.Na.H/c1-2-3-4-5-6-7-8-9-10-12-15(17)16-13-11-14-20-21(18)19;;/h2-14H2,1H3,(H,16,17)(H,18,19);;/q;+1;-1/p-1. The quantitative estimate of drug-likeness (QED) is 0.264. The third kappa shape index (κ3) is 20.5. The fourth-order valence-electron chi connectivity index (χ4n) is 2.11. The van der Waals surface area contributed by atoms with Crippen LogP contribution in [-0.2, 0) is 20.3 Å². The van der Waals surface area contributed by atoms with Crippen LogP contribution in [-0.4, -0.2) is 27.8 Å². The maximum Gasteiger partial charge on any atom is 1.00 e. The third-order valence-corrected chi connectivity index (χ3v) is 3.69. The van der Waals surface area contributed by atoms with Gasteiger partial charge in [0.2, 0.25) is 5.91 Å². The SMILES string of the molecule is CCCCCCCCCCCC(=O)NCCCOS(=O)[O-].[H-].[Na+]. The molecule has 22 heavy (non-hydrogen) atoms. The maximum atomic E-state index is 11.5. The Bertz CT molecular complexity index is 286. The summed E-state index contributed by atoms with van der Waals surface area (Å²) in [5.74, 6) is 0.0428. The van der Waals surface area contributed by atoms with Gasteiger partial charge in [0, 0.05) is 13.0 Å². The Labute approximate surface area is 161 Å². The number of rotatable bonds is 15. The van der Waals surface area contributed by atoms with E-state index in [4.69, 9.17) is 0 Å². The summed E-state index contributed by atoms with van der Waals surface area (Å²) < 4.78 is 24.5. The Morgan fingerprint density at radius 3 is 2.14 bits per heavy atom. The Kier molecular flexibility index (Phi) is 22.1. The van der Waals surface area contributed by atoms with E-state index in [1.54, 1.807) is 0 Å². The number of carbonyl (C=O) groups excluding carboxylic acids is 1. The van der Waals surface area contributed by atoms with Crippen LogP contribution in [0.4, 0.5) is 0 Å². The molecule has 0 rings (SSSR count). The van der Waals surface area contributed by atoms with Crippen LogP contribution in [0.1, 0.15) is 79.0 Å². The Morgan fingerprint density at radius 1 is 1.05 bits per heavy atom. The molecule has 0 spiro atoms. The molecule has 5 nitrogen and oxygen atoms in total. The number of hydrogen-bond donors (Lipinski definition) is 1. The van der Waals surface area contributed by atoms with E-state index in [9.17, 15) is 13.6 Å². The zero-order valence-electron chi connectivity index (χ0n) is 15.2. The van der Waals surface area contributed by atoms with Gasteiger partial charge in [0.25, 0.3) is 0 Å². The van der Waals surface area contributed by atoms with E-state index in [0.717, 1.165) is 12.8 Å². The Balaban J connectivity index is -0.00000200. The number of hydrogen-bond acceptors (Lipinski definition) is 4. The van der Waals surface area contributed by atoms with Crippen molar-refractivity contribution in [2.24, 2.45) is 0 Å². The molecule has 0 saturated heterocycles. The summed E-state index contributed by atoms with van der Waals surface area (Å²) in [4.78, 5) is 11.5. The van der Waals surface area contributed by atoms with Crippen LogP contribution in [0.15, 0.2) is 0 Å². The maximum absolute atomic E-state index is 11.5. The van der Waals surface area contributed by atoms with E-state index in [0.29, 0.717) is 19.4 Å². The summed E-state index contributed by atoms with van der Waals surface area (Å²) in [6.45, 7) is 2.81.